The Kier molecular flexibility index (Phi) is 56.0. The molecule has 0 saturated heterocycles. The average molecular weight is 976 g/mol. The molecule has 1 atom stereocenters. The van der Waals surface area contributed by atoms with Crippen molar-refractivity contribution in [2.45, 2.75) is 368 Å². The Morgan fingerprint density at radius 3 is 0.710 bits per heavy atom. The molecule has 0 aliphatic carbocycles. The second-order valence-corrected chi connectivity index (χ2v) is 22.2. The van der Waals surface area contributed by atoms with Crippen LogP contribution >= 0.6 is 0 Å². The maximum atomic E-state index is 12.9. The van der Waals surface area contributed by atoms with E-state index in [0.717, 1.165) is 63.7 Å². The van der Waals surface area contributed by atoms with E-state index in [-0.39, 0.29) is 31.1 Å². The predicted octanol–water partition coefficient (Wildman–Crippen LogP) is 21.0. The number of rotatable bonds is 58. The summed E-state index contributed by atoms with van der Waals surface area (Å²) in [5, 5.41) is 0. The molecular formula is C63H122O6. The highest BCUT2D eigenvalue weighted by Gasteiger charge is 2.19. The zero-order valence-electron chi connectivity index (χ0n) is 47.3. The van der Waals surface area contributed by atoms with E-state index < -0.39 is 6.10 Å². The van der Waals surface area contributed by atoms with Crippen molar-refractivity contribution in [3.05, 3.63) is 0 Å². The van der Waals surface area contributed by atoms with Crippen molar-refractivity contribution in [1.82, 2.24) is 0 Å². The first kappa shape index (κ1) is 67.4. The van der Waals surface area contributed by atoms with Gasteiger partial charge in [-0.1, -0.05) is 323 Å². The van der Waals surface area contributed by atoms with Crippen molar-refractivity contribution < 1.29 is 28.6 Å². The second kappa shape index (κ2) is 57.3. The summed E-state index contributed by atoms with van der Waals surface area (Å²) < 4.78 is 16.9. The Bertz CT molecular complexity index is 1040. The molecule has 0 bridgehead atoms. The number of carbonyl (C=O) groups excluding carboxylic acids is 3. The molecular weight excluding hydrogens is 853 g/mol. The van der Waals surface area contributed by atoms with Crippen molar-refractivity contribution in [3.63, 3.8) is 0 Å². The summed E-state index contributed by atoms with van der Waals surface area (Å²) >= 11 is 0. The van der Waals surface area contributed by atoms with Gasteiger partial charge in [0.2, 0.25) is 0 Å². The van der Waals surface area contributed by atoms with Crippen LogP contribution in [0.1, 0.15) is 362 Å². The Morgan fingerprint density at radius 1 is 0.275 bits per heavy atom. The third-order valence-electron chi connectivity index (χ3n) is 14.5. The smallest absolute Gasteiger partial charge is 0.306 e. The number of carbonyl (C=O) groups is 3. The molecule has 6 nitrogen and oxygen atoms in total. The molecule has 69 heavy (non-hydrogen) atoms. The molecule has 0 aromatic carbocycles. The molecule has 0 aliphatic heterocycles. The number of esters is 3. The molecule has 410 valence electrons. The molecule has 0 aliphatic rings. The summed E-state index contributed by atoms with van der Waals surface area (Å²) in [4.78, 5) is 38.3. The molecule has 0 aromatic rings. The van der Waals surface area contributed by atoms with Gasteiger partial charge in [0.05, 0.1) is 0 Å². The van der Waals surface area contributed by atoms with Crippen LogP contribution in [0.3, 0.4) is 0 Å². The molecule has 0 saturated carbocycles. The number of hydrogen-bond donors (Lipinski definition) is 0. The van der Waals surface area contributed by atoms with Crippen LogP contribution in [0.15, 0.2) is 0 Å². The van der Waals surface area contributed by atoms with Crippen LogP contribution in [0.2, 0.25) is 0 Å². The Hall–Kier alpha value is -1.59. The minimum Gasteiger partial charge on any atom is -0.462 e. The monoisotopic (exact) mass is 975 g/mol. The molecule has 0 rings (SSSR count). The fourth-order valence-corrected chi connectivity index (χ4v) is 9.81. The minimum atomic E-state index is -0.763. The third-order valence-corrected chi connectivity index (χ3v) is 14.5. The van der Waals surface area contributed by atoms with Crippen LogP contribution in [-0.2, 0) is 28.6 Å². The summed E-state index contributed by atoms with van der Waals surface area (Å²) in [5.41, 5.74) is 0. The van der Waals surface area contributed by atoms with Crippen LogP contribution < -0.4 is 0 Å². The van der Waals surface area contributed by atoms with Gasteiger partial charge in [-0.3, -0.25) is 14.4 Å². The van der Waals surface area contributed by atoms with Crippen molar-refractivity contribution in [2.24, 2.45) is 5.92 Å². The van der Waals surface area contributed by atoms with E-state index in [1.54, 1.807) is 0 Å². The van der Waals surface area contributed by atoms with Gasteiger partial charge in [-0.25, -0.2) is 0 Å². The van der Waals surface area contributed by atoms with Gasteiger partial charge in [0.25, 0.3) is 0 Å². The van der Waals surface area contributed by atoms with Gasteiger partial charge in [0, 0.05) is 19.3 Å². The van der Waals surface area contributed by atoms with Crippen LogP contribution in [0.25, 0.3) is 0 Å². The maximum absolute atomic E-state index is 12.9. The van der Waals surface area contributed by atoms with Crippen LogP contribution in [-0.4, -0.2) is 37.2 Å². The fraction of sp³-hybridized carbons (Fsp3) is 0.952. The topological polar surface area (TPSA) is 78.9 Å². The summed E-state index contributed by atoms with van der Waals surface area (Å²) in [6.45, 7) is 9.08. The minimum absolute atomic E-state index is 0.0613. The lowest BCUT2D eigenvalue weighted by atomic mass is 10.0. The van der Waals surface area contributed by atoms with E-state index in [0.29, 0.717) is 19.3 Å². The maximum Gasteiger partial charge on any atom is 0.306 e. The molecule has 0 spiro atoms. The highest BCUT2D eigenvalue weighted by molar-refractivity contribution is 5.71. The molecule has 0 amide bonds. The first-order chi connectivity index (χ1) is 33.9. The first-order valence-corrected chi connectivity index (χ1v) is 31.4. The van der Waals surface area contributed by atoms with E-state index in [1.165, 1.54) is 257 Å². The molecule has 0 fully saturated rings. The highest BCUT2D eigenvalue weighted by Crippen LogP contribution is 2.19. The molecule has 6 heteroatoms. The van der Waals surface area contributed by atoms with E-state index in [2.05, 4.69) is 27.7 Å². The molecule has 0 unspecified atom stereocenters. The van der Waals surface area contributed by atoms with Crippen molar-refractivity contribution in [3.8, 4) is 0 Å². The normalized spacial score (nSPS) is 12.0. The van der Waals surface area contributed by atoms with Crippen LogP contribution in [0.5, 0.6) is 0 Å². The van der Waals surface area contributed by atoms with Crippen LogP contribution in [0.4, 0.5) is 0 Å². The first-order valence-electron chi connectivity index (χ1n) is 31.4. The van der Waals surface area contributed by atoms with Gasteiger partial charge in [-0.2, -0.15) is 0 Å². The Morgan fingerprint density at radius 2 is 0.478 bits per heavy atom. The summed E-state index contributed by atoms with van der Waals surface area (Å²) in [6, 6.07) is 0. The van der Waals surface area contributed by atoms with Gasteiger partial charge in [0.15, 0.2) is 6.10 Å². The number of unbranched alkanes of at least 4 members (excludes halogenated alkanes) is 45. The van der Waals surface area contributed by atoms with E-state index in [9.17, 15) is 14.4 Å². The Balaban J connectivity index is 4.28. The lowest BCUT2D eigenvalue weighted by Crippen LogP contribution is -2.30. The largest absolute Gasteiger partial charge is 0.462 e. The summed E-state index contributed by atoms with van der Waals surface area (Å²) in [6.07, 6.45) is 63.9. The highest BCUT2D eigenvalue weighted by atomic mass is 16.6. The van der Waals surface area contributed by atoms with Gasteiger partial charge in [0.1, 0.15) is 13.2 Å². The quantitative estimate of drug-likeness (QED) is 0.0343. The van der Waals surface area contributed by atoms with Gasteiger partial charge in [-0.05, 0) is 25.2 Å². The molecule has 0 N–H and O–H groups in total. The van der Waals surface area contributed by atoms with Gasteiger partial charge in [-0.15, -0.1) is 0 Å². The predicted molar refractivity (Wildman–Crippen MR) is 298 cm³/mol. The van der Waals surface area contributed by atoms with Crippen molar-refractivity contribution in [2.75, 3.05) is 13.2 Å². The van der Waals surface area contributed by atoms with E-state index in [4.69, 9.17) is 14.2 Å². The molecule has 0 heterocycles. The zero-order valence-corrected chi connectivity index (χ0v) is 47.3. The lowest BCUT2D eigenvalue weighted by molar-refractivity contribution is -0.167. The lowest BCUT2D eigenvalue weighted by Gasteiger charge is -2.18. The fourth-order valence-electron chi connectivity index (χ4n) is 9.81. The summed E-state index contributed by atoms with van der Waals surface area (Å²) in [7, 11) is 0. The van der Waals surface area contributed by atoms with Gasteiger partial charge < -0.3 is 14.2 Å². The average Bonchev–Trinajstić information content (AvgIpc) is 3.34. The SMILES string of the molecule is CCCCCCCCCCCCCCCCCCCCCC(=O)OC[C@@H](COC(=O)CCCCCCCCCCCCCCC(C)C)OC(=O)CCCCCCCCCCCCCCCCCCC. The Labute approximate surface area is 431 Å². The van der Waals surface area contributed by atoms with Crippen molar-refractivity contribution in [1.29, 1.82) is 0 Å². The van der Waals surface area contributed by atoms with Crippen LogP contribution in [0, 0.1) is 5.92 Å². The third kappa shape index (κ3) is 57.2. The second-order valence-electron chi connectivity index (χ2n) is 22.2. The van der Waals surface area contributed by atoms with Crippen molar-refractivity contribution >= 4 is 17.9 Å². The molecule has 0 radical (unpaired) electrons. The number of hydrogen-bond acceptors (Lipinski definition) is 6. The molecule has 0 aromatic heterocycles. The zero-order chi connectivity index (χ0) is 50.2. The van der Waals surface area contributed by atoms with Gasteiger partial charge >= 0.3 is 17.9 Å². The van der Waals surface area contributed by atoms with E-state index >= 15 is 0 Å². The standard InChI is InChI=1S/C63H122O6/c1-5-7-9-11-13-15-17-19-21-23-24-26-27-29-34-38-42-46-50-54-61(64)67-57-60(58-68-62(65)55-51-47-43-39-35-32-31-33-37-41-45-49-53-59(3)4)69-63(66)56-52-48-44-40-36-30-28-25-22-20-18-16-14-12-10-8-6-2/h59-60H,5-58H2,1-4H3/t60-/m0/s1. The number of ether oxygens (including phenoxy) is 3. The summed E-state index contributed by atoms with van der Waals surface area (Å²) in [5.74, 6) is 0.00428. The van der Waals surface area contributed by atoms with E-state index in [1.807, 2.05) is 0 Å².